The lowest BCUT2D eigenvalue weighted by Gasteiger charge is -2.05. The molecule has 0 aliphatic heterocycles. The molecular formula is C18H14N6OS. The van der Waals surface area contributed by atoms with E-state index < -0.39 is 0 Å². The third-order valence-corrected chi connectivity index (χ3v) is 4.51. The number of nitrogens with one attached hydrogen (secondary N) is 1. The minimum atomic E-state index is -0.0822. The van der Waals surface area contributed by atoms with Crippen LogP contribution in [0.3, 0.4) is 0 Å². The van der Waals surface area contributed by atoms with Crippen molar-refractivity contribution in [1.82, 2.24) is 24.8 Å². The van der Waals surface area contributed by atoms with E-state index in [-0.39, 0.29) is 11.7 Å². The van der Waals surface area contributed by atoms with Crippen LogP contribution < -0.4 is 5.32 Å². The third kappa shape index (κ3) is 3.55. The molecule has 7 nitrogen and oxygen atoms in total. The number of hydrogen-bond donors (Lipinski definition) is 1. The average molecular weight is 362 g/mol. The standard InChI is InChI=1S/C18H14N6OS/c25-16(20-14-4-2-1-3-5-14)12-26-17-7-6-15-21-22-18(24(15)23-17)13-8-10-19-11-9-13/h1-11H,12H2,(H,20,25). The van der Waals surface area contributed by atoms with Gasteiger partial charge in [-0.3, -0.25) is 9.78 Å². The summed E-state index contributed by atoms with van der Waals surface area (Å²) < 4.78 is 1.67. The summed E-state index contributed by atoms with van der Waals surface area (Å²) in [5.74, 6) is 0.819. The summed E-state index contributed by atoms with van der Waals surface area (Å²) in [5.41, 5.74) is 2.30. The third-order valence-electron chi connectivity index (χ3n) is 3.59. The van der Waals surface area contributed by atoms with Crippen molar-refractivity contribution < 1.29 is 4.79 Å². The molecule has 1 amide bonds. The van der Waals surface area contributed by atoms with Gasteiger partial charge in [-0.25, -0.2) is 0 Å². The fourth-order valence-electron chi connectivity index (χ4n) is 2.39. The lowest BCUT2D eigenvalue weighted by atomic mass is 10.2. The molecule has 0 bridgehead atoms. The van der Waals surface area contributed by atoms with Crippen LogP contribution in [0.15, 0.2) is 72.0 Å². The van der Waals surface area contributed by atoms with E-state index in [4.69, 9.17) is 0 Å². The van der Waals surface area contributed by atoms with Gasteiger partial charge in [0.15, 0.2) is 11.5 Å². The van der Waals surface area contributed by atoms with Gasteiger partial charge in [0.25, 0.3) is 0 Å². The molecule has 0 aliphatic rings. The van der Waals surface area contributed by atoms with Crippen molar-refractivity contribution in [2.75, 3.05) is 11.1 Å². The van der Waals surface area contributed by atoms with Gasteiger partial charge in [-0.15, -0.1) is 10.2 Å². The molecule has 8 heteroatoms. The number of aromatic nitrogens is 5. The SMILES string of the molecule is O=C(CSc1ccc2nnc(-c3ccncc3)n2n1)Nc1ccccc1. The van der Waals surface area contributed by atoms with Crippen LogP contribution in [0.2, 0.25) is 0 Å². The van der Waals surface area contributed by atoms with Crippen LogP contribution in [0.25, 0.3) is 17.0 Å². The van der Waals surface area contributed by atoms with Crippen LogP contribution in [0.1, 0.15) is 0 Å². The Bertz CT molecular complexity index is 1040. The Balaban J connectivity index is 1.50. The van der Waals surface area contributed by atoms with Crippen molar-refractivity contribution in [2.24, 2.45) is 0 Å². The van der Waals surface area contributed by atoms with E-state index >= 15 is 0 Å². The normalized spacial score (nSPS) is 10.8. The first-order valence-electron chi connectivity index (χ1n) is 7.90. The molecule has 3 heterocycles. The van der Waals surface area contributed by atoms with Gasteiger partial charge in [-0.2, -0.15) is 9.61 Å². The maximum absolute atomic E-state index is 12.1. The molecule has 0 aliphatic carbocycles. The number of hydrogen-bond acceptors (Lipinski definition) is 6. The summed E-state index contributed by atoms with van der Waals surface area (Å²) >= 11 is 1.36. The molecule has 0 saturated carbocycles. The van der Waals surface area contributed by atoms with Crippen LogP contribution in [0.5, 0.6) is 0 Å². The predicted molar refractivity (Wildman–Crippen MR) is 99.8 cm³/mol. The second-order valence-corrected chi connectivity index (χ2v) is 6.40. The Hall–Kier alpha value is -3.26. The summed E-state index contributed by atoms with van der Waals surface area (Å²) in [4.78, 5) is 16.1. The van der Waals surface area contributed by atoms with Gasteiger partial charge < -0.3 is 5.32 Å². The van der Waals surface area contributed by atoms with Crippen molar-refractivity contribution in [1.29, 1.82) is 0 Å². The molecule has 0 spiro atoms. The number of thioether (sulfide) groups is 1. The molecule has 0 unspecified atom stereocenters. The van der Waals surface area contributed by atoms with Gasteiger partial charge >= 0.3 is 0 Å². The predicted octanol–water partition coefficient (Wildman–Crippen LogP) is 2.92. The molecule has 4 rings (SSSR count). The number of nitrogens with zero attached hydrogens (tertiary/aromatic N) is 5. The zero-order valence-corrected chi connectivity index (χ0v) is 14.4. The number of rotatable bonds is 5. The van der Waals surface area contributed by atoms with E-state index in [0.29, 0.717) is 11.5 Å². The molecule has 0 radical (unpaired) electrons. The highest BCUT2D eigenvalue weighted by atomic mass is 32.2. The number of pyridine rings is 1. The van der Waals surface area contributed by atoms with Gasteiger partial charge in [0.1, 0.15) is 5.03 Å². The number of anilines is 1. The minimum Gasteiger partial charge on any atom is -0.325 e. The largest absolute Gasteiger partial charge is 0.325 e. The molecule has 1 N–H and O–H groups in total. The van der Waals surface area contributed by atoms with Gasteiger partial charge in [0.2, 0.25) is 5.91 Å². The van der Waals surface area contributed by atoms with Crippen LogP contribution >= 0.6 is 11.8 Å². The average Bonchev–Trinajstić information content (AvgIpc) is 3.11. The molecule has 1 aromatic carbocycles. The van der Waals surface area contributed by atoms with E-state index in [2.05, 4.69) is 25.6 Å². The first kappa shape index (κ1) is 16.2. The van der Waals surface area contributed by atoms with E-state index in [9.17, 15) is 4.79 Å². The number of fused-ring (bicyclic) bond motifs is 1. The van der Waals surface area contributed by atoms with Crippen LogP contribution in [0, 0.1) is 0 Å². The highest BCUT2D eigenvalue weighted by molar-refractivity contribution is 7.99. The fraction of sp³-hybridized carbons (Fsp3) is 0.0556. The molecule has 128 valence electrons. The summed E-state index contributed by atoms with van der Waals surface area (Å²) in [7, 11) is 0. The summed E-state index contributed by atoms with van der Waals surface area (Å²) in [6.07, 6.45) is 3.39. The monoisotopic (exact) mass is 362 g/mol. The van der Waals surface area contributed by atoms with Gasteiger partial charge in [0.05, 0.1) is 5.75 Å². The van der Waals surface area contributed by atoms with Crippen molar-refractivity contribution in [2.45, 2.75) is 5.03 Å². The summed E-state index contributed by atoms with van der Waals surface area (Å²) in [6, 6.07) is 16.7. The Morgan fingerprint density at radius 3 is 2.62 bits per heavy atom. The molecular weight excluding hydrogens is 348 g/mol. The van der Waals surface area contributed by atoms with Crippen LogP contribution in [-0.2, 0) is 4.79 Å². The minimum absolute atomic E-state index is 0.0822. The maximum atomic E-state index is 12.1. The van der Waals surface area contributed by atoms with E-state index in [0.717, 1.165) is 16.3 Å². The number of para-hydroxylation sites is 1. The summed E-state index contributed by atoms with van der Waals surface area (Å²) in [6.45, 7) is 0. The first-order valence-corrected chi connectivity index (χ1v) is 8.89. The maximum Gasteiger partial charge on any atom is 0.234 e. The Morgan fingerprint density at radius 2 is 1.81 bits per heavy atom. The molecule has 3 aromatic heterocycles. The number of carbonyl (C=O) groups excluding carboxylic acids is 1. The van der Waals surface area contributed by atoms with Gasteiger partial charge in [0, 0.05) is 23.6 Å². The van der Waals surface area contributed by atoms with E-state index in [1.54, 1.807) is 16.9 Å². The molecule has 0 saturated heterocycles. The number of carbonyl (C=O) groups is 1. The number of benzene rings is 1. The molecule has 0 fully saturated rings. The lowest BCUT2D eigenvalue weighted by molar-refractivity contribution is -0.113. The quantitative estimate of drug-likeness (QED) is 0.550. The topological polar surface area (TPSA) is 85.1 Å². The van der Waals surface area contributed by atoms with E-state index in [1.807, 2.05) is 54.6 Å². The second kappa shape index (κ2) is 7.32. The Labute approximate surface area is 153 Å². The zero-order valence-electron chi connectivity index (χ0n) is 13.6. The Kier molecular flexibility index (Phi) is 4.57. The van der Waals surface area contributed by atoms with Gasteiger partial charge in [-0.1, -0.05) is 30.0 Å². The second-order valence-electron chi connectivity index (χ2n) is 5.40. The van der Waals surface area contributed by atoms with Crippen molar-refractivity contribution in [3.63, 3.8) is 0 Å². The van der Waals surface area contributed by atoms with Crippen molar-refractivity contribution >= 4 is 29.0 Å². The molecule has 0 atom stereocenters. The van der Waals surface area contributed by atoms with Crippen LogP contribution in [0.4, 0.5) is 5.69 Å². The Morgan fingerprint density at radius 1 is 1.00 bits per heavy atom. The number of amides is 1. The molecule has 4 aromatic rings. The summed E-state index contributed by atoms with van der Waals surface area (Å²) in [5, 5.41) is 16.4. The first-order chi connectivity index (χ1) is 12.8. The van der Waals surface area contributed by atoms with Gasteiger partial charge in [-0.05, 0) is 36.4 Å². The lowest BCUT2D eigenvalue weighted by Crippen LogP contribution is -2.14. The highest BCUT2D eigenvalue weighted by Gasteiger charge is 2.11. The smallest absolute Gasteiger partial charge is 0.234 e. The zero-order chi connectivity index (χ0) is 17.8. The highest BCUT2D eigenvalue weighted by Crippen LogP contribution is 2.20. The van der Waals surface area contributed by atoms with Crippen molar-refractivity contribution in [3.8, 4) is 11.4 Å². The van der Waals surface area contributed by atoms with Crippen molar-refractivity contribution in [3.05, 3.63) is 67.0 Å². The molecule has 26 heavy (non-hydrogen) atoms. The van der Waals surface area contributed by atoms with Crippen LogP contribution in [-0.4, -0.2) is 36.5 Å². The fourth-order valence-corrected chi connectivity index (χ4v) is 3.04. The van der Waals surface area contributed by atoms with E-state index in [1.165, 1.54) is 11.8 Å².